The van der Waals surface area contributed by atoms with Crippen molar-refractivity contribution in [2.45, 2.75) is 25.0 Å². The van der Waals surface area contributed by atoms with Gasteiger partial charge in [0.2, 0.25) is 10.0 Å². The standard InChI is InChI=1S/C13H17N3O2S/c14-10-12-6-2-3-7-13(12)11-19(17,18)15-16-8-4-1-5-9-16/h2-3,6-7,15H,1,4-5,8-9,11H2. The summed E-state index contributed by atoms with van der Waals surface area (Å²) in [5, 5.41) is 10.7. The van der Waals surface area contributed by atoms with E-state index in [0.29, 0.717) is 11.1 Å². The Hall–Kier alpha value is -1.42. The molecule has 1 aromatic carbocycles. The first kappa shape index (κ1) is 14.0. The minimum Gasteiger partial charge on any atom is -0.231 e. The molecule has 0 unspecified atom stereocenters. The van der Waals surface area contributed by atoms with E-state index in [1.54, 1.807) is 29.3 Å². The van der Waals surface area contributed by atoms with Crippen molar-refractivity contribution in [3.8, 4) is 6.07 Å². The van der Waals surface area contributed by atoms with Gasteiger partial charge in [-0.3, -0.25) is 0 Å². The molecule has 0 atom stereocenters. The van der Waals surface area contributed by atoms with E-state index in [9.17, 15) is 8.42 Å². The minimum atomic E-state index is -3.44. The fourth-order valence-electron chi connectivity index (χ4n) is 2.17. The van der Waals surface area contributed by atoms with Crippen molar-refractivity contribution in [3.05, 3.63) is 35.4 Å². The lowest BCUT2D eigenvalue weighted by Crippen LogP contribution is -2.45. The van der Waals surface area contributed by atoms with Crippen LogP contribution in [0, 0.1) is 11.3 Å². The van der Waals surface area contributed by atoms with Gasteiger partial charge in [-0.25, -0.2) is 13.4 Å². The van der Waals surface area contributed by atoms with Crippen LogP contribution in [-0.4, -0.2) is 26.5 Å². The summed E-state index contributed by atoms with van der Waals surface area (Å²) in [6, 6.07) is 8.79. The topological polar surface area (TPSA) is 73.2 Å². The average Bonchev–Trinajstić information content (AvgIpc) is 2.39. The lowest BCUT2D eigenvalue weighted by atomic mass is 10.1. The van der Waals surface area contributed by atoms with Gasteiger partial charge in [0.05, 0.1) is 17.4 Å². The summed E-state index contributed by atoms with van der Waals surface area (Å²) < 4.78 is 24.1. The van der Waals surface area contributed by atoms with Crippen LogP contribution in [0.1, 0.15) is 30.4 Å². The number of nitrogens with one attached hydrogen (secondary N) is 1. The Labute approximate surface area is 113 Å². The van der Waals surface area contributed by atoms with E-state index in [-0.39, 0.29) is 5.75 Å². The number of hydrazine groups is 1. The van der Waals surface area contributed by atoms with Gasteiger partial charge in [-0.15, -0.1) is 4.83 Å². The second-order valence-electron chi connectivity index (χ2n) is 4.67. The number of nitrogens with zero attached hydrogens (tertiary/aromatic N) is 2. The highest BCUT2D eigenvalue weighted by Crippen LogP contribution is 2.12. The number of piperidine rings is 1. The van der Waals surface area contributed by atoms with E-state index < -0.39 is 10.0 Å². The molecule has 1 saturated heterocycles. The number of sulfonamides is 1. The molecule has 1 aliphatic rings. The molecule has 0 spiro atoms. The molecule has 19 heavy (non-hydrogen) atoms. The zero-order valence-electron chi connectivity index (χ0n) is 10.7. The summed E-state index contributed by atoms with van der Waals surface area (Å²) in [7, 11) is -3.44. The van der Waals surface area contributed by atoms with E-state index in [2.05, 4.69) is 4.83 Å². The first-order valence-corrected chi connectivity index (χ1v) is 7.99. The van der Waals surface area contributed by atoms with Gasteiger partial charge in [0.25, 0.3) is 0 Å². The molecule has 1 heterocycles. The molecule has 0 bridgehead atoms. The van der Waals surface area contributed by atoms with Gasteiger partial charge >= 0.3 is 0 Å². The van der Waals surface area contributed by atoms with Gasteiger partial charge in [0.1, 0.15) is 0 Å². The second-order valence-corrected chi connectivity index (χ2v) is 6.37. The molecule has 0 aromatic heterocycles. The SMILES string of the molecule is N#Cc1ccccc1CS(=O)(=O)NN1CCCCC1. The third-order valence-electron chi connectivity index (χ3n) is 3.11. The maximum atomic E-state index is 12.1. The van der Waals surface area contributed by atoms with Gasteiger partial charge in [-0.1, -0.05) is 24.6 Å². The number of hydrogen-bond donors (Lipinski definition) is 1. The molecule has 1 N–H and O–H groups in total. The van der Waals surface area contributed by atoms with Crippen molar-refractivity contribution < 1.29 is 8.42 Å². The largest absolute Gasteiger partial charge is 0.231 e. The first-order valence-electron chi connectivity index (χ1n) is 6.34. The van der Waals surface area contributed by atoms with Gasteiger partial charge in [0, 0.05) is 13.1 Å². The summed E-state index contributed by atoms with van der Waals surface area (Å²) >= 11 is 0. The predicted octanol–water partition coefficient (Wildman–Crippen LogP) is 1.38. The Kier molecular flexibility index (Phi) is 4.53. The van der Waals surface area contributed by atoms with Gasteiger partial charge in [-0.2, -0.15) is 5.26 Å². The van der Waals surface area contributed by atoms with Gasteiger partial charge in [0.15, 0.2) is 0 Å². The number of nitriles is 1. The summed E-state index contributed by atoms with van der Waals surface area (Å²) in [5.74, 6) is -0.159. The van der Waals surface area contributed by atoms with E-state index in [0.717, 1.165) is 32.4 Å². The van der Waals surface area contributed by atoms with Crippen LogP contribution < -0.4 is 4.83 Å². The summed E-state index contributed by atoms with van der Waals surface area (Å²) in [6.07, 6.45) is 3.17. The van der Waals surface area contributed by atoms with Crippen molar-refractivity contribution in [3.63, 3.8) is 0 Å². The average molecular weight is 279 g/mol. The van der Waals surface area contributed by atoms with E-state index in [1.165, 1.54) is 0 Å². The van der Waals surface area contributed by atoms with Gasteiger partial charge < -0.3 is 0 Å². The van der Waals surface area contributed by atoms with Crippen LogP contribution in [0.2, 0.25) is 0 Å². The minimum absolute atomic E-state index is 0.159. The molecular weight excluding hydrogens is 262 g/mol. The zero-order chi connectivity index (χ0) is 13.7. The predicted molar refractivity (Wildman–Crippen MR) is 72.3 cm³/mol. The first-order chi connectivity index (χ1) is 9.11. The zero-order valence-corrected chi connectivity index (χ0v) is 11.5. The van der Waals surface area contributed by atoms with Crippen LogP contribution in [-0.2, 0) is 15.8 Å². The fourth-order valence-corrected chi connectivity index (χ4v) is 3.48. The second kappa shape index (κ2) is 6.15. The molecule has 5 nitrogen and oxygen atoms in total. The maximum absolute atomic E-state index is 12.1. The highest BCUT2D eigenvalue weighted by atomic mass is 32.2. The molecule has 0 aliphatic carbocycles. The highest BCUT2D eigenvalue weighted by Gasteiger charge is 2.19. The molecule has 0 radical (unpaired) electrons. The third kappa shape index (κ3) is 4.03. The van der Waals surface area contributed by atoms with E-state index >= 15 is 0 Å². The van der Waals surface area contributed by atoms with Crippen LogP contribution in [0.3, 0.4) is 0 Å². The Morgan fingerprint density at radius 3 is 2.58 bits per heavy atom. The van der Waals surface area contributed by atoms with Crippen LogP contribution >= 0.6 is 0 Å². The monoisotopic (exact) mass is 279 g/mol. The lowest BCUT2D eigenvalue weighted by molar-refractivity contribution is 0.200. The Balaban J connectivity index is 2.06. The summed E-state index contributed by atoms with van der Waals surface area (Å²) in [5.41, 5.74) is 0.945. The number of rotatable bonds is 4. The van der Waals surface area contributed by atoms with Crippen molar-refractivity contribution in [1.82, 2.24) is 9.84 Å². The molecule has 102 valence electrons. The molecular formula is C13H17N3O2S. The van der Waals surface area contributed by atoms with Crippen LogP contribution in [0.5, 0.6) is 0 Å². The van der Waals surface area contributed by atoms with Crippen molar-refractivity contribution in [2.75, 3.05) is 13.1 Å². The highest BCUT2D eigenvalue weighted by molar-refractivity contribution is 7.88. The smallest absolute Gasteiger partial charge is 0.228 e. The molecule has 0 amide bonds. The third-order valence-corrected chi connectivity index (χ3v) is 4.33. The van der Waals surface area contributed by atoms with E-state index in [4.69, 9.17) is 5.26 Å². The molecule has 6 heteroatoms. The van der Waals surface area contributed by atoms with Crippen LogP contribution in [0.4, 0.5) is 0 Å². The fraction of sp³-hybridized carbons (Fsp3) is 0.462. The molecule has 1 aliphatic heterocycles. The Bertz CT molecular complexity index is 572. The number of hydrogen-bond acceptors (Lipinski definition) is 4. The normalized spacial score (nSPS) is 17.0. The quantitative estimate of drug-likeness (QED) is 0.903. The molecule has 1 aromatic rings. The molecule has 2 rings (SSSR count). The summed E-state index contributed by atoms with van der Waals surface area (Å²) in [6.45, 7) is 1.50. The lowest BCUT2D eigenvalue weighted by Gasteiger charge is -2.26. The van der Waals surface area contributed by atoms with Crippen LogP contribution in [0.15, 0.2) is 24.3 Å². The molecule has 0 saturated carbocycles. The Morgan fingerprint density at radius 1 is 1.21 bits per heavy atom. The molecule has 1 fully saturated rings. The summed E-state index contributed by atoms with van der Waals surface area (Å²) in [4.78, 5) is 2.59. The maximum Gasteiger partial charge on any atom is 0.228 e. The van der Waals surface area contributed by atoms with Gasteiger partial charge in [-0.05, 0) is 24.5 Å². The van der Waals surface area contributed by atoms with E-state index in [1.807, 2.05) is 6.07 Å². The van der Waals surface area contributed by atoms with Crippen LogP contribution in [0.25, 0.3) is 0 Å². The van der Waals surface area contributed by atoms with Crippen molar-refractivity contribution >= 4 is 10.0 Å². The number of benzene rings is 1. The van der Waals surface area contributed by atoms with Crippen molar-refractivity contribution in [2.24, 2.45) is 0 Å². The Morgan fingerprint density at radius 2 is 1.89 bits per heavy atom. The van der Waals surface area contributed by atoms with Crippen molar-refractivity contribution in [1.29, 1.82) is 5.26 Å².